The van der Waals surface area contributed by atoms with Gasteiger partial charge in [-0.15, -0.1) is 0 Å². The zero-order valence-electron chi connectivity index (χ0n) is 10.6. The molecule has 2 amide bonds. The molecule has 6 N–H and O–H groups in total. The van der Waals surface area contributed by atoms with Crippen molar-refractivity contribution >= 4 is 23.2 Å². The average molecular weight is 270 g/mol. The van der Waals surface area contributed by atoms with Gasteiger partial charge in [0, 0.05) is 22.5 Å². The zero-order valence-corrected chi connectivity index (χ0v) is 10.6. The highest BCUT2D eigenvalue weighted by molar-refractivity contribution is 6.05. The number of nitrogens with one attached hydrogen (secondary N) is 2. The van der Waals surface area contributed by atoms with E-state index < -0.39 is 5.91 Å². The van der Waals surface area contributed by atoms with Crippen LogP contribution in [-0.2, 0) is 0 Å². The third-order valence-corrected chi connectivity index (χ3v) is 2.69. The monoisotopic (exact) mass is 270 g/mol. The lowest BCUT2D eigenvalue weighted by molar-refractivity contribution is 0.0952. The standard InChI is InChI=1S/C14H14N4O2/c15-11-6-4-9(5-7-11)13(19)17-12-3-1-2-10(8-12)14(20)18-16/h1-8H,15-16H2,(H,17,19)(H,18,20). The topological polar surface area (TPSA) is 110 Å². The van der Waals surface area contributed by atoms with Crippen molar-refractivity contribution in [1.29, 1.82) is 0 Å². The summed E-state index contributed by atoms with van der Waals surface area (Å²) in [5.74, 6) is 4.36. The second-order valence-corrected chi connectivity index (χ2v) is 4.13. The number of anilines is 2. The Hall–Kier alpha value is -2.86. The second-order valence-electron chi connectivity index (χ2n) is 4.13. The number of hydrazine groups is 1. The van der Waals surface area contributed by atoms with Crippen LogP contribution in [0.3, 0.4) is 0 Å². The highest BCUT2D eigenvalue weighted by Gasteiger charge is 2.08. The molecule has 0 unspecified atom stereocenters. The Bertz CT molecular complexity index is 638. The van der Waals surface area contributed by atoms with Crippen LogP contribution in [-0.4, -0.2) is 11.8 Å². The molecule has 0 radical (unpaired) electrons. The first-order chi connectivity index (χ1) is 9.60. The van der Waals surface area contributed by atoms with Crippen LogP contribution in [0.5, 0.6) is 0 Å². The molecule has 0 saturated heterocycles. The van der Waals surface area contributed by atoms with Crippen molar-refractivity contribution in [3.8, 4) is 0 Å². The second kappa shape index (κ2) is 5.85. The molecule has 0 atom stereocenters. The summed E-state index contributed by atoms with van der Waals surface area (Å²) in [5, 5.41) is 2.70. The van der Waals surface area contributed by atoms with Crippen molar-refractivity contribution in [2.24, 2.45) is 5.84 Å². The van der Waals surface area contributed by atoms with Crippen LogP contribution in [0, 0.1) is 0 Å². The quantitative estimate of drug-likeness (QED) is 0.290. The summed E-state index contributed by atoms with van der Waals surface area (Å²) >= 11 is 0. The lowest BCUT2D eigenvalue weighted by Crippen LogP contribution is -2.30. The Balaban J connectivity index is 2.15. The van der Waals surface area contributed by atoms with E-state index in [1.165, 1.54) is 6.07 Å². The van der Waals surface area contributed by atoms with Crippen molar-refractivity contribution < 1.29 is 9.59 Å². The summed E-state index contributed by atoms with van der Waals surface area (Å²) in [7, 11) is 0. The van der Waals surface area contributed by atoms with Gasteiger partial charge in [-0.3, -0.25) is 15.0 Å². The predicted octanol–water partition coefficient (Wildman–Crippen LogP) is 1.12. The minimum absolute atomic E-state index is 0.282. The molecule has 0 saturated carbocycles. The Morgan fingerprint density at radius 3 is 2.25 bits per heavy atom. The number of benzene rings is 2. The first kappa shape index (κ1) is 13.6. The Kier molecular flexibility index (Phi) is 3.97. The van der Waals surface area contributed by atoms with Gasteiger partial charge >= 0.3 is 0 Å². The Labute approximate surface area is 115 Å². The predicted molar refractivity (Wildman–Crippen MR) is 76.9 cm³/mol. The van der Waals surface area contributed by atoms with Gasteiger partial charge in [0.25, 0.3) is 11.8 Å². The van der Waals surface area contributed by atoms with Gasteiger partial charge in [-0.2, -0.15) is 0 Å². The SMILES string of the molecule is NNC(=O)c1cccc(NC(=O)c2ccc(N)cc2)c1. The van der Waals surface area contributed by atoms with Crippen molar-refractivity contribution in [3.05, 3.63) is 59.7 Å². The van der Waals surface area contributed by atoms with Gasteiger partial charge in [-0.25, -0.2) is 5.84 Å². The first-order valence-electron chi connectivity index (χ1n) is 5.88. The van der Waals surface area contributed by atoms with Crippen LogP contribution in [0.15, 0.2) is 48.5 Å². The maximum atomic E-state index is 12.0. The molecule has 6 nitrogen and oxygen atoms in total. The highest BCUT2D eigenvalue weighted by atomic mass is 16.2. The van der Waals surface area contributed by atoms with Crippen LogP contribution in [0.2, 0.25) is 0 Å². The van der Waals surface area contributed by atoms with E-state index in [-0.39, 0.29) is 5.91 Å². The van der Waals surface area contributed by atoms with Gasteiger partial charge in [-0.1, -0.05) is 6.07 Å². The molecular formula is C14H14N4O2. The van der Waals surface area contributed by atoms with Crippen molar-refractivity contribution in [3.63, 3.8) is 0 Å². The third kappa shape index (κ3) is 3.12. The summed E-state index contributed by atoms with van der Waals surface area (Å²) in [4.78, 5) is 23.4. The van der Waals surface area contributed by atoms with E-state index in [0.717, 1.165) is 0 Å². The van der Waals surface area contributed by atoms with Crippen LogP contribution >= 0.6 is 0 Å². The number of nitrogen functional groups attached to an aromatic ring is 2. The van der Waals surface area contributed by atoms with Gasteiger partial charge in [0.2, 0.25) is 0 Å². The van der Waals surface area contributed by atoms with Crippen molar-refractivity contribution in [2.45, 2.75) is 0 Å². The summed E-state index contributed by atoms with van der Waals surface area (Å²) < 4.78 is 0. The number of amides is 2. The zero-order chi connectivity index (χ0) is 14.5. The number of hydrogen-bond donors (Lipinski definition) is 4. The van der Waals surface area contributed by atoms with E-state index in [0.29, 0.717) is 22.5 Å². The maximum absolute atomic E-state index is 12.0. The highest BCUT2D eigenvalue weighted by Crippen LogP contribution is 2.13. The van der Waals surface area contributed by atoms with Crippen LogP contribution in [0.1, 0.15) is 20.7 Å². The summed E-state index contributed by atoms with van der Waals surface area (Å²) in [6.07, 6.45) is 0. The number of hydrogen-bond acceptors (Lipinski definition) is 4. The van der Waals surface area contributed by atoms with Gasteiger partial charge in [0.05, 0.1) is 0 Å². The number of rotatable bonds is 3. The van der Waals surface area contributed by atoms with Crippen LogP contribution in [0.4, 0.5) is 11.4 Å². The molecule has 2 aromatic carbocycles. The van der Waals surface area contributed by atoms with E-state index in [9.17, 15) is 9.59 Å². The molecular weight excluding hydrogens is 256 g/mol. The molecule has 0 aromatic heterocycles. The minimum atomic E-state index is -0.423. The molecule has 2 rings (SSSR count). The van der Waals surface area contributed by atoms with E-state index in [1.54, 1.807) is 42.5 Å². The summed E-state index contributed by atoms with van der Waals surface area (Å²) in [6, 6.07) is 13.0. The average Bonchev–Trinajstić information content (AvgIpc) is 2.47. The van der Waals surface area contributed by atoms with Crippen molar-refractivity contribution in [1.82, 2.24) is 5.43 Å². The number of nitrogens with two attached hydrogens (primary N) is 2. The first-order valence-corrected chi connectivity index (χ1v) is 5.88. The normalized spacial score (nSPS) is 9.85. The Morgan fingerprint density at radius 2 is 1.60 bits per heavy atom. The lowest BCUT2D eigenvalue weighted by atomic mass is 10.1. The van der Waals surface area contributed by atoms with E-state index in [2.05, 4.69) is 5.32 Å². The molecule has 102 valence electrons. The number of carbonyl (C=O) groups is 2. The molecule has 20 heavy (non-hydrogen) atoms. The molecule has 0 spiro atoms. The minimum Gasteiger partial charge on any atom is -0.399 e. The molecule has 0 fully saturated rings. The maximum Gasteiger partial charge on any atom is 0.265 e. The lowest BCUT2D eigenvalue weighted by Gasteiger charge is -2.07. The van der Waals surface area contributed by atoms with E-state index >= 15 is 0 Å². The van der Waals surface area contributed by atoms with Crippen LogP contribution < -0.4 is 22.3 Å². The molecule has 0 aliphatic carbocycles. The number of carbonyl (C=O) groups excluding carboxylic acids is 2. The fourth-order valence-electron chi connectivity index (χ4n) is 1.66. The smallest absolute Gasteiger partial charge is 0.265 e. The van der Waals surface area contributed by atoms with Crippen LogP contribution in [0.25, 0.3) is 0 Å². The summed E-state index contributed by atoms with van der Waals surface area (Å²) in [5.41, 5.74) is 9.53. The van der Waals surface area contributed by atoms with Gasteiger partial charge in [-0.05, 0) is 42.5 Å². The van der Waals surface area contributed by atoms with Gasteiger partial charge in [0.15, 0.2) is 0 Å². The molecule has 6 heteroatoms. The largest absolute Gasteiger partial charge is 0.399 e. The fourth-order valence-corrected chi connectivity index (χ4v) is 1.66. The van der Waals surface area contributed by atoms with Gasteiger partial charge < -0.3 is 11.1 Å². The molecule has 0 aliphatic rings. The molecule has 0 heterocycles. The Morgan fingerprint density at radius 1 is 0.900 bits per heavy atom. The van der Waals surface area contributed by atoms with E-state index in [4.69, 9.17) is 11.6 Å². The summed E-state index contributed by atoms with van der Waals surface area (Å²) in [6.45, 7) is 0. The molecule has 2 aromatic rings. The molecule has 0 bridgehead atoms. The van der Waals surface area contributed by atoms with Gasteiger partial charge in [0.1, 0.15) is 0 Å². The third-order valence-electron chi connectivity index (χ3n) is 2.69. The fraction of sp³-hybridized carbons (Fsp3) is 0. The van der Waals surface area contributed by atoms with E-state index in [1.807, 2.05) is 5.43 Å². The van der Waals surface area contributed by atoms with Crippen molar-refractivity contribution in [2.75, 3.05) is 11.1 Å². The molecule has 0 aliphatic heterocycles.